The molecule has 2 rings (SSSR count). The minimum Gasteiger partial charge on any atom is -0.388 e. The van der Waals surface area contributed by atoms with Crippen LogP contribution < -0.4 is 0 Å². The van der Waals surface area contributed by atoms with Gasteiger partial charge >= 0.3 is 0 Å². The zero-order chi connectivity index (χ0) is 14.7. The first-order chi connectivity index (χ1) is 9.47. The third kappa shape index (κ3) is 3.42. The zero-order valence-corrected chi connectivity index (χ0v) is 11.6. The van der Waals surface area contributed by atoms with Crippen LogP contribution >= 0.6 is 0 Å². The van der Waals surface area contributed by atoms with Crippen LogP contribution in [0.3, 0.4) is 0 Å². The molecule has 106 valence electrons. The molecule has 0 saturated heterocycles. The van der Waals surface area contributed by atoms with Crippen molar-refractivity contribution in [2.24, 2.45) is 0 Å². The molecule has 3 heteroatoms. The number of benzene rings is 2. The topological polar surface area (TPSA) is 20.2 Å². The van der Waals surface area contributed by atoms with Crippen molar-refractivity contribution < 1.29 is 13.9 Å². The summed E-state index contributed by atoms with van der Waals surface area (Å²) in [5.41, 5.74) is 2.26. The molecule has 2 aromatic rings. The molecule has 0 heterocycles. The van der Waals surface area contributed by atoms with E-state index in [0.29, 0.717) is 12.3 Å². The SMILES string of the molecule is CC(C)c1ccc(CC(O)c2ccc(F)cc2F)cc1. The van der Waals surface area contributed by atoms with E-state index in [-0.39, 0.29) is 5.56 Å². The van der Waals surface area contributed by atoms with Crippen LogP contribution in [0.4, 0.5) is 8.78 Å². The van der Waals surface area contributed by atoms with Gasteiger partial charge in [0.25, 0.3) is 0 Å². The van der Waals surface area contributed by atoms with E-state index >= 15 is 0 Å². The van der Waals surface area contributed by atoms with Crippen molar-refractivity contribution in [1.29, 1.82) is 0 Å². The van der Waals surface area contributed by atoms with Crippen LogP contribution in [0.5, 0.6) is 0 Å². The quantitative estimate of drug-likeness (QED) is 0.879. The maximum Gasteiger partial charge on any atom is 0.131 e. The molecule has 0 aliphatic rings. The van der Waals surface area contributed by atoms with Gasteiger partial charge in [-0.3, -0.25) is 0 Å². The molecule has 20 heavy (non-hydrogen) atoms. The van der Waals surface area contributed by atoms with Crippen LogP contribution in [-0.4, -0.2) is 5.11 Å². The van der Waals surface area contributed by atoms with Gasteiger partial charge in [-0.15, -0.1) is 0 Å². The summed E-state index contributed by atoms with van der Waals surface area (Å²) in [6, 6.07) is 11.1. The van der Waals surface area contributed by atoms with Crippen LogP contribution in [0.1, 0.15) is 42.6 Å². The van der Waals surface area contributed by atoms with Gasteiger partial charge in [-0.05, 0) is 23.1 Å². The summed E-state index contributed by atoms with van der Waals surface area (Å²) in [5, 5.41) is 10.1. The lowest BCUT2D eigenvalue weighted by atomic mass is 9.97. The molecule has 0 bridgehead atoms. The Balaban J connectivity index is 2.12. The largest absolute Gasteiger partial charge is 0.388 e. The molecule has 1 unspecified atom stereocenters. The number of hydrogen-bond acceptors (Lipinski definition) is 1. The molecule has 2 aromatic carbocycles. The van der Waals surface area contributed by atoms with E-state index < -0.39 is 17.7 Å². The molecule has 0 aromatic heterocycles. The molecule has 1 nitrogen and oxygen atoms in total. The van der Waals surface area contributed by atoms with Crippen LogP contribution in [0.2, 0.25) is 0 Å². The fraction of sp³-hybridized carbons (Fsp3) is 0.294. The Labute approximate surface area is 117 Å². The molecular weight excluding hydrogens is 258 g/mol. The molecule has 0 fully saturated rings. The van der Waals surface area contributed by atoms with E-state index in [4.69, 9.17) is 0 Å². The molecular formula is C17H18F2O. The van der Waals surface area contributed by atoms with Gasteiger partial charge in [-0.1, -0.05) is 44.2 Å². The third-order valence-corrected chi connectivity index (χ3v) is 3.40. The van der Waals surface area contributed by atoms with Gasteiger partial charge in [-0.25, -0.2) is 8.78 Å². The monoisotopic (exact) mass is 276 g/mol. The maximum atomic E-state index is 13.6. The van der Waals surface area contributed by atoms with Crippen LogP contribution in [-0.2, 0) is 6.42 Å². The van der Waals surface area contributed by atoms with Crippen molar-refractivity contribution in [3.05, 3.63) is 70.8 Å². The van der Waals surface area contributed by atoms with Crippen molar-refractivity contribution in [3.63, 3.8) is 0 Å². The molecule has 0 radical (unpaired) electrons. The highest BCUT2D eigenvalue weighted by Crippen LogP contribution is 2.23. The van der Waals surface area contributed by atoms with Crippen molar-refractivity contribution in [2.75, 3.05) is 0 Å². The van der Waals surface area contributed by atoms with Crippen LogP contribution in [0.15, 0.2) is 42.5 Å². The molecule has 0 aliphatic carbocycles. The summed E-state index contributed by atoms with van der Waals surface area (Å²) < 4.78 is 26.4. The summed E-state index contributed by atoms with van der Waals surface area (Å²) in [4.78, 5) is 0. The van der Waals surface area contributed by atoms with Gasteiger partial charge in [0.1, 0.15) is 11.6 Å². The minimum atomic E-state index is -0.972. The predicted octanol–water partition coefficient (Wildman–Crippen LogP) is 4.36. The number of aliphatic hydroxyl groups excluding tert-OH is 1. The normalized spacial score (nSPS) is 12.7. The summed E-state index contributed by atoms with van der Waals surface area (Å²) in [7, 11) is 0. The summed E-state index contributed by atoms with van der Waals surface area (Å²) >= 11 is 0. The highest BCUT2D eigenvalue weighted by molar-refractivity contribution is 5.27. The number of aliphatic hydroxyl groups is 1. The van der Waals surface area contributed by atoms with E-state index in [1.165, 1.54) is 11.6 Å². The first-order valence-corrected chi connectivity index (χ1v) is 6.69. The molecule has 0 aliphatic heterocycles. The van der Waals surface area contributed by atoms with Crippen molar-refractivity contribution in [2.45, 2.75) is 32.3 Å². The van der Waals surface area contributed by atoms with E-state index in [9.17, 15) is 13.9 Å². The predicted molar refractivity (Wildman–Crippen MR) is 75.6 cm³/mol. The molecule has 0 saturated carbocycles. The van der Waals surface area contributed by atoms with E-state index in [0.717, 1.165) is 17.7 Å². The molecule has 0 spiro atoms. The van der Waals surface area contributed by atoms with Gasteiger partial charge in [-0.2, -0.15) is 0 Å². The van der Waals surface area contributed by atoms with Gasteiger partial charge in [0.05, 0.1) is 6.10 Å². The number of hydrogen-bond donors (Lipinski definition) is 1. The first kappa shape index (κ1) is 14.7. The highest BCUT2D eigenvalue weighted by Gasteiger charge is 2.14. The molecule has 1 N–H and O–H groups in total. The Kier molecular flexibility index (Phi) is 4.50. The fourth-order valence-corrected chi connectivity index (χ4v) is 2.14. The van der Waals surface area contributed by atoms with Gasteiger partial charge in [0, 0.05) is 18.1 Å². The lowest BCUT2D eigenvalue weighted by Gasteiger charge is -2.13. The standard InChI is InChI=1S/C17H18F2O/c1-11(2)13-5-3-12(4-6-13)9-17(20)15-8-7-14(18)10-16(15)19/h3-8,10-11,17,20H,9H2,1-2H3. The van der Waals surface area contributed by atoms with Crippen molar-refractivity contribution >= 4 is 0 Å². The average molecular weight is 276 g/mol. The van der Waals surface area contributed by atoms with Crippen LogP contribution in [0.25, 0.3) is 0 Å². The van der Waals surface area contributed by atoms with Gasteiger partial charge in [0.2, 0.25) is 0 Å². The lowest BCUT2D eigenvalue weighted by molar-refractivity contribution is 0.173. The highest BCUT2D eigenvalue weighted by atomic mass is 19.1. The van der Waals surface area contributed by atoms with E-state index in [1.807, 2.05) is 24.3 Å². The second-order valence-electron chi connectivity index (χ2n) is 5.28. The summed E-state index contributed by atoms with van der Waals surface area (Å²) in [6.45, 7) is 4.22. The van der Waals surface area contributed by atoms with Gasteiger partial charge in [0.15, 0.2) is 0 Å². The van der Waals surface area contributed by atoms with Gasteiger partial charge < -0.3 is 5.11 Å². The molecule has 1 atom stereocenters. The second-order valence-corrected chi connectivity index (χ2v) is 5.28. The Bertz CT molecular complexity index is 576. The van der Waals surface area contributed by atoms with Crippen LogP contribution in [0, 0.1) is 11.6 Å². The Morgan fingerprint density at radius 1 is 1.00 bits per heavy atom. The van der Waals surface area contributed by atoms with Crippen molar-refractivity contribution in [1.82, 2.24) is 0 Å². The number of halogens is 2. The van der Waals surface area contributed by atoms with Crippen molar-refractivity contribution in [3.8, 4) is 0 Å². The van der Waals surface area contributed by atoms with E-state index in [2.05, 4.69) is 13.8 Å². The molecule has 0 amide bonds. The summed E-state index contributed by atoms with van der Waals surface area (Å²) in [5.74, 6) is -0.903. The maximum absolute atomic E-state index is 13.6. The first-order valence-electron chi connectivity index (χ1n) is 6.69. The smallest absolute Gasteiger partial charge is 0.131 e. The Morgan fingerprint density at radius 3 is 2.20 bits per heavy atom. The van der Waals surface area contributed by atoms with E-state index in [1.54, 1.807) is 0 Å². The fourth-order valence-electron chi connectivity index (χ4n) is 2.14. The number of rotatable bonds is 4. The summed E-state index contributed by atoms with van der Waals surface area (Å²) in [6.07, 6.45) is -0.665. The average Bonchev–Trinajstić information content (AvgIpc) is 2.39. The Morgan fingerprint density at radius 2 is 1.65 bits per heavy atom. The minimum absolute atomic E-state index is 0.124. The lowest BCUT2D eigenvalue weighted by Crippen LogP contribution is -2.05. The Hall–Kier alpha value is -1.74. The zero-order valence-electron chi connectivity index (χ0n) is 11.6. The second kappa shape index (κ2) is 6.14. The third-order valence-electron chi connectivity index (χ3n) is 3.40.